The van der Waals surface area contributed by atoms with E-state index in [1.54, 1.807) is 6.08 Å². The van der Waals surface area contributed by atoms with E-state index < -0.39 is 8.07 Å². The van der Waals surface area contributed by atoms with Crippen molar-refractivity contribution in [2.24, 2.45) is 0 Å². The van der Waals surface area contributed by atoms with Crippen molar-refractivity contribution in [1.29, 1.82) is 0 Å². The normalized spacial score (nSPS) is 19.9. The van der Waals surface area contributed by atoms with Gasteiger partial charge in [-0.25, -0.2) is 4.79 Å². The third kappa shape index (κ3) is 4.24. The molecule has 1 atom stereocenters. The summed E-state index contributed by atoms with van der Waals surface area (Å²) in [6.07, 6.45) is 4.55. The van der Waals surface area contributed by atoms with Crippen molar-refractivity contribution in [3.05, 3.63) is 11.6 Å². The molecule has 16 heavy (non-hydrogen) atoms. The quantitative estimate of drug-likeness (QED) is 0.428. The highest BCUT2D eigenvalue weighted by Gasteiger charge is 2.24. The number of ether oxygens (including phenoxy) is 1. The van der Waals surface area contributed by atoms with E-state index in [2.05, 4.69) is 38.0 Å². The third-order valence-corrected chi connectivity index (χ3v) is 3.16. The van der Waals surface area contributed by atoms with Crippen LogP contribution < -0.4 is 0 Å². The molecule has 1 unspecified atom stereocenters. The van der Waals surface area contributed by atoms with E-state index in [0.29, 0.717) is 0 Å². The van der Waals surface area contributed by atoms with E-state index in [1.807, 2.05) is 0 Å². The van der Waals surface area contributed by atoms with Crippen LogP contribution in [-0.2, 0) is 9.53 Å². The molecule has 0 N–H and O–H groups in total. The largest absolute Gasteiger partial charge is 0.454 e. The minimum absolute atomic E-state index is 0.0868. The van der Waals surface area contributed by atoms with Crippen molar-refractivity contribution in [2.45, 2.75) is 51.9 Å². The zero-order valence-electron chi connectivity index (χ0n) is 10.6. The lowest BCUT2D eigenvalue weighted by atomic mass is 10.1. The summed E-state index contributed by atoms with van der Waals surface area (Å²) in [6, 6.07) is 0. The molecule has 0 saturated heterocycles. The maximum absolute atomic E-state index is 11.2. The van der Waals surface area contributed by atoms with Crippen LogP contribution in [0, 0.1) is 11.5 Å². The molecule has 0 aromatic heterocycles. The summed E-state index contributed by atoms with van der Waals surface area (Å²) in [5, 5.41) is 0. The van der Waals surface area contributed by atoms with Gasteiger partial charge in [-0.3, -0.25) is 0 Å². The van der Waals surface area contributed by atoms with Crippen molar-refractivity contribution in [2.75, 3.05) is 0 Å². The monoisotopic (exact) mass is 236 g/mol. The Hall–Kier alpha value is -1.01. The molecule has 88 valence electrons. The van der Waals surface area contributed by atoms with Gasteiger partial charge in [0.15, 0.2) is 0 Å². The second-order valence-corrected chi connectivity index (χ2v) is 9.92. The van der Waals surface area contributed by atoms with Gasteiger partial charge in [0.2, 0.25) is 0 Å². The van der Waals surface area contributed by atoms with Crippen LogP contribution in [-0.4, -0.2) is 20.1 Å². The zero-order valence-corrected chi connectivity index (χ0v) is 11.6. The van der Waals surface area contributed by atoms with Gasteiger partial charge >= 0.3 is 5.97 Å². The van der Waals surface area contributed by atoms with Crippen molar-refractivity contribution in [1.82, 2.24) is 0 Å². The first-order valence-corrected chi connectivity index (χ1v) is 9.38. The Morgan fingerprint density at radius 2 is 2.12 bits per heavy atom. The SMILES string of the molecule is CCCCC1OC(=O)C=C1C#C[Si](C)(C)C. The van der Waals surface area contributed by atoms with E-state index >= 15 is 0 Å². The molecule has 1 rings (SSSR count). The summed E-state index contributed by atoms with van der Waals surface area (Å²) in [5.41, 5.74) is 4.15. The number of cyclic esters (lactones) is 1. The highest BCUT2D eigenvalue weighted by molar-refractivity contribution is 6.83. The molecular formula is C13H20O2Si. The number of carbonyl (C=O) groups excluding carboxylic acids is 1. The molecule has 0 amide bonds. The smallest absolute Gasteiger partial charge is 0.332 e. The number of carbonyl (C=O) groups is 1. The molecule has 2 nitrogen and oxygen atoms in total. The highest BCUT2D eigenvalue weighted by atomic mass is 28.3. The Bertz CT molecular complexity index is 352. The van der Waals surface area contributed by atoms with Gasteiger partial charge in [0.05, 0.1) is 0 Å². The molecule has 0 radical (unpaired) electrons. The van der Waals surface area contributed by atoms with Crippen LogP contribution in [0.4, 0.5) is 0 Å². The van der Waals surface area contributed by atoms with Crippen molar-refractivity contribution in [3.63, 3.8) is 0 Å². The molecule has 1 heterocycles. The Morgan fingerprint density at radius 3 is 2.69 bits per heavy atom. The van der Waals surface area contributed by atoms with E-state index in [9.17, 15) is 4.79 Å². The van der Waals surface area contributed by atoms with Gasteiger partial charge in [-0.1, -0.05) is 38.9 Å². The van der Waals surface area contributed by atoms with Crippen LogP contribution in [0.5, 0.6) is 0 Å². The average molecular weight is 236 g/mol. The first-order valence-electron chi connectivity index (χ1n) is 5.88. The van der Waals surface area contributed by atoms with Gasteiger partial charge in [-0.15, -0.1) is 5.54 Å². The Balaban J connectivity index is 2.71. The van der Waals surface area contributed by atoms with Gasteiger partial charge in [0.1, 0.15) is 14.2 Å². The average Bonchev–Trinajstić information content (AvgIpc) is 2.52. The van der Waals surface area contributed by atoms with E-state index in [1.165, 1.54) is 0 Å². The molecule has 0 aromatic carbocycles. The summed E-state index contributed by atoms with van der Waals surface area (Å²) in [7, 11) is -1.38. The molecule has 0 fully saturated rings. The molecule has 1 aliphatic heterocycles. The molecule has 0 bridgehead atoms. The molecule has 0 aromatic rings. The predicted octanol–water partition coefficient (Wildman–Crippen LogP) is 2.91. The van der Waals surface area contributed by atoms with Gasteiger partial charge in [-0.05, 0) is 12.8 Å². The summed E-state index contributed by atoms with van der Waals surface area (Å²) in [5.74, 6) is 2.90. The molecule has 0 spiro atoms. The lowest BCUT2D eigenvalue weighted by Crippen LogP contribution is -2.17. The fourth-order valence-electron chi connectivity index (χ4n) is 1.44. The summed E-state index contributed by atoms with van der Waals surface area (Å²) in [4.78, 5) is 11.2. The number of esters is 1. The van der Waals surface area contributed by atoms with Crippen molar-refractivity contribution in [3.8, 4) is 11.5 Å². The van der Waals surface area contributed by atoms with E-state index in [-0.39, 0.29) is 12.1 Å². The number of hydrogen-bond acceptors (Lipinski definition) is 2. The minimum Gasteiger partial charge on any atom is -0.454 e. The molecular weight excluding hydrogens is 216 g/mol. The Kier molecular flexibility index (Phi) is 4.37. The van der Waals surface area contributed by atoms with Crippen molar-refractivity contribution >= 4 is 14.0 Å². The fourth-order valence-corrected chi connectivity index (χ4v) is 1.96. The molecule has 1 aliphatic rings. The molecule has 0 saturated carbocycles. The van der Waals surface area contributed by atoms with E-state index in [4.69, 9.17) is 4.74 Å². The topological polar surface area (TPSA) is 26.3 Å². The van der Waals surface area contributed by atoms with Gasteiger partial charge in [-0.2, -0.15) is 0 Å². The zero-order chi connectivity index (χ0) is 12.2. The molecule has 3 heteroatoms. The first-order chi connectivity index (χ1) is 7.42. The number of unbranched alkanes of at least 4 members (excludes halogenated alkanes) is 1. The first kappa shape index (κ1) is 13.1. The maximum atomic E-state index is 11.2. The fraction of sp³-hybridized carbons (Fsp3) is 0.615. The summed E-state index contributed by atoms with van der Waals surface area (Å²) >= 11 is 0. The Labute approximate surface area is 99.1 Å². The second-order valence-electron chi connectivity index (χ2n) is 5.17. The second kappa shape index (κ2) is 5.36. The van der Waals surface area contributed by atoms with Gasteiger partial charge in [0.25, 0.3) is 0 Å². The van der Waals surface area contributed by atoms with Crippen LogP contribution in [0.3, 0.4) is 0 Å². The lowest BCUT2D eigenvalue weighted by Gasteiger charge is -2.10. The van der Waals surface area contributed by atoms with Crippen LogP contribution in [0.1, 0.15) is 26.2 Å². The van der Waals surface area contributed by atoms with E-state index in [0.717, 1.165) is 24.8 Å². The van der Waals surface area contributed by atoms with Crippen LogP contribution >= 0.6 is 0 Å². The van der Waals surface area contributed by atoms with Crippen LogP contribution in [0.15, 0.2) is 11.6 Å². The third-order valence-electron chi connectivity index (χ3n) is 2.28. The molecule has 0 aliphatic carbocycles. The lowest BCUT2D eigenvalue weighted by molar-refractivity contribution is -0.138. The van der Waals surface area contributed by atoms with Crippen LogP contribution in [0.25, 0.3) is 0 Å². The predicted molar refractivity (Wildman–Crippen MR) is 68.6 cm³/mol. The van der Waals surface area contributed by atoms with Crippen molar-refractivity contribution < 1.29 is 9.53 Å². The highest BCUT2D eigenvalue weighted by Crippen LogP contribution is 2.20. The maximum Gasteiger partial charge on any atom is 0.332 e. The van der Waals surface area contributed by atoms with Gasteiger partial charge < -0.3 is 4.74 Å². The summed E-state index contributed by atoms with van der Waals surface area (Å²) in [6.45, 7) is 8.71. The minimum atomic E-state index is -1.38. The standard InChI is InChI=1S/C13H20O2Si/c1-5-6-7-12-11(10-13(14)15-12)8-9-16(2,3)4/h10,12H,5-7H2,1-4H3. The van der Waals surface area contributed by atoms with Gasteiger partial charge in [0, 0.05) is 11.6 Å². The number of hydrogen-bond donors (Lipinski definition) is 0. The summed E-state index contributed by atoms with van der Waals surface area (Å²) < 4.78 is 5.22. The number of rotatable bonds is 3. The Morgan fingerprint density at radius 1 is 1.44 bits per heavy atom. The van der Waals surface area contributed by atoms with Crippen LogP contribution in [0.2, 0.25) is 19.6 Å².